The highest BCUT2D eigenvalue weighted by molar-refractivity contribution is 5.99. The van der Waals surface area contributed by atoms with Crippen LogP contribution in [0, 0.1) is 0 Å². The standard InChI is InChI=1S/C20H36N4O10/c1-4-11(21)19(31)24(12(5-6-14(27)28)18(30)23-10(3)26)7-9(2)33-17-15(22)20(32)34-13(8-25)16(17)29/h9,11-13,15-17,20,25,29,32H,4-8,21-22H2,1-3H3,(H,27,28)(H,23,26,30)/t9?,11?,12-,13-,15-,16-,17-,20+/m1/s1. The molecule has 3 amide bonds. The van der Waals surface area contributed by atoms with Gasteiger partial charge >= 0.3 is 5.97 Å². The summed E-state index contributed by atoms with van der Waals surface area (Å²) in [6.07, 6.45) is -6.75. The fraction of sp³-hybridized carbons (Fsp3) is 0.800. The third kappa shape index (κ3) is 8.23. The van der Waals surface area contributed by atoms with E-state index in [1.54, 1.807) is 6.92 Å². The van der Waals surface area contributed by atoms with Crippen LogP contribution in [0.25, 0.3) is 0 Å². The average Bonchev–Trinajstić information content (AvgIpc) is 2.76. The number of nitrogens with two attached hydrogens (primary N) is 2. The summed E-state index contributed by atoms with van der Waals surface area (Å²) in [5.41, 5.74) is 11.8. The van der Waals surface area contributed by atoms with E-state index < -0.39 is 85.5 Å². The number of hydrogen-bond acceptors (Lipinski definition) is 11. The summed E-state index contributed by atoms with van der Waals surface area (Å²) in [5, 5.41) is 40.9. The van der Waals surface area contributed by atoms with Crippen LogP contribution in [0.4, 0.5) is 0 Å². The lowest BCUT2D eigenvalue weighted by Crippen LogP contribution is -2.64. The van der Waals surface area contributed by atoms with Gasteiger partial charge in [-0.25, -0.2) is 0 Å². The van der Waals surface area contributed by atoms with E-state index in [4.69, 9.17) is 26.0 Å². The quantitative estimate of drug-likeness (QED) is 0.141. The molecule has 196 valence electrons. The van der Waals surface area contributed by atoms with Crippen molar-refractivity contribution in [3.63, 3.8) is 0 Å². The first-order valence-electron chi connectivity index (χ1n) is 11.0. The first-order valence-corrected chi connectivity index (χ1v) is 11.0. The zero-order valence-corrected chi connectivity index (χ0v) is 19.5. The van der Waals surface area contributed by atoms with Crippen molar-refractivity contribution in [1.82, 2.24) is 10.2 Å². The number of aliphatic hydroxyl groups is 3. The lowest BCUT2D eigenvalue weighted by molar-refractivity contribution is -0.263. The molecule has 2 unspecified atom stereocenters. The Bertz CT molecular complexity index is 723. The zero-order valence-electron chi connectivity index (χ0n) is 19.5. The molecule has 1 aliphatic rings. The number of aliphatic hydroxyl groups excluding tert-OH is 3. The molecule has 0 bridgehead atoms. The summed E-state index contributed by atoms with van der Waals surface area (Å²) in [7, 11) is 0. The Kier molecular flexibility index (Phi) is 12.0. The number of aliphatic carboxylic acids is 1. The predicted molar refractivity (Wildman–Crippen MR) is 116 cm³/mol. The van der Waals surface area contributed by atoms with Crippen LogP contribution in [0.5, 0.6) is 0 Å². The molecule has 0 aliphatic carbocycles. The molecule has 1 heterocycles. The Labute approximate surface area is 197 Å². The molecule has 1 rings (SSSR count). The van der Waals surface area contributed by atoms with Crippen molar-refractivity contribution in [1.29, 1.82) is 0 Å². The molecule has 0 spiro atoms. The van der Waals surface area contributed by atoms with Crippen molar-refractivity contribution in [2.75, 3.05) is 13.2 Å². The predicted octanol–water partition coefficient (Wildman–Crippen LogP) is -3.38. The largest absolute Gasteiger partial charge is 0.481 e. The SMILES string of the molecule is CCC(N)C(=O)N(CC(C)O[C@@H]1[C@@H](N)[C@@H](O)O[C@H](CO)[C@H]1O)[C@H](CCC(=O)O)C(=O)NC(C)=O. The molecule has 1 saturated heterocycles. The Balaban J connectivity index is 3.18. The van der Waals surface area contributed by atoms with E-state index in [0.717, 1.165) is 11.8 Å². The molecule has 0 radical (unpaired) electrons. The van der Waals surface area contributed by atoms with Crippen molar-refractivity contribution in [3.05, 3.63) is 0 Å². The van der Waals surface area contributed by atoms with Crippen LogP contribution in [0.2, 0.25) is 0 Å². The van der Waals surface area contributed by atoms with Crippen LogP contribution in [0.1, 0.15) is 40.0 Å². The van der Waals surface area contributed by atoms with E-state index in [9.17, 15) is 34.5 Å². The van der Waals surface area contributed by atoms with E-state index in [1.165, 1.54) is 6.92 Å². The number of ether oxygens (including phenoxy) is 2. The number of carbonyl (C=O) groups excluding carboxylic acids is 3. The summed E-state index contributed by atoms with van der Waals surface area (Å²) in [6.45, 7) is 3.36. The number of hydrogen-bond donors (Lipinski definition) is 7. The van der Waals surface area contributed by atoms with Gasteiger partial charge in [0.05, 0.1) is 24.8 Å². The molecule has 1 fully saturated rings. The van der Waals surface area contributed by atoms with E-state index in [2.05, 4.69) is 5.32 Å². The number of carbonyl (C=O) groups is 4. The molecule has 0 aromatic carbocycles. The minimum absolute atomic E-state index is 0.221. The van der Waals surface area contributed by atoms with Gasteiger partial charge < -0.3 is 46.3 Å². The molecular formula is C20H36N4O10. The van der Waals surface area contributed by atoms with Crippen LogP contribution in [-0.2, 0) is 28.7 Å². The molecule has 0 aromatic heterocycles. The van der Waals surface area contributed by atoms with E-state index in [-0.39, 0.29) is 19.4 Å². The van der Waals surface area contributed by atoms with Gasteiger partial charge in [0.25, 0.3) is 0 Å². The lowest BCUT2D eigenvalue weighted by Gasteiger charge is -2.42. The monoisotopic (exact) mass is 492 g/mol. The van der Waals surface area contributed by atoms with Crippen LogP contribution in [0.15, 0.2) is 0 Å². The number of imide groups is 1. The van der Waals surface area contributed by atoms with E-state index in [1.807, 2.05) is 0 Å². The van der Waals surface area contributed by atoms with Crippen LogP contribution >= 0.6 is 0 Å². The maximum Gasteiger partial charge on any atom is 0.303 e. The van der Waals surface area contributed by atoms with Crippen LogP contribution in [-0.4, -0.2) is 111 Å². The highest BCUT2D eigenvalue weighted by atomic mass is 16.6. The molecule has 14 heteroatoms. The Morgan fingerprint density at radius 3 is 2.35 bits per heavy atom. The molecule has 9 N–H and O–H groups in total. The maximum absolute atomic E-state index is 13.0. The summed E-state index contributed by atoms with van der Waals surface area (Å²) in [5.74, 6) is -3.45. The van der Waals surface area contributed by atoms with Gasteiger partial charge in [-0.1, -0.05) is 6.92 Å². The molecule has 34 heavy (non-hydrogen) atoms. The van der Waals surface area contributed by atoms with Crippen molar-refractivity contribution in [2.24, 2.45) is 11.5 Å². The van der Waals surface area contributed by atoms with Gasteiger partial charge in [0.15, 0.2) is 6.29 Å². The first kappa shape index (κ1) is 29.8. The second kappa shape index (κ2) is 13.6. The summed E-state index contributed by atoms with van der Waals surface area (Å²) in [4.78, 5) is 49.3. The number of rotatable bonds is 12. The normalized spacial score (nSPS) is 27.4. The summed E-state index contributed by atoms with van der Waals surface area (Å²) in [6, 6.07) is -3.55. The molecule has 0 aromatic rings. The summed E-state index contributed by atoms with van der Waals surface area (Å²) < 4.78 is 10.8. The summed E-state index contributed by atoms with van der Waals surface area (Å²) >= 11 is 0. The smallest absolute Gasteiger partial charge is 0.303 e. The number of amides is 3. The van der Waals surface area contributed by atoms with Crippen LogP contribution < -0.4 is 16.8 Å². The van der Waals surface area contributed by atoms with Crippen molar-refractivity contribution >= 4 is 23.7 Å². The molecule has 14 nitrogen and oxygen atoms in total. The maximum atomic E-state index is 13.0. The van der Waals surface area contributed by atoms with Gasteiger partial charge in [-0.3, -0.25) is 24.5 Å². The van der Waals surface area contributed by atoms with E-state index >= 15 is 0 Å². The minimum Gasteiger partial charge on any atom is -0.481 e. The highest BCUT2D eigenvalue weighted by Crippen LogP contribution is 2.23. The van der Waals surface area contributed by atoms with Gasteiger partial charge in [0.1, 0.15) is 24.4 Å². The number of carboxylic acids is 1. The third-order valence-electron chi connectivity index (χ3n) is 5.41. The lowest BCUT2D eigenvalue weighted by atomic mass is 9.97. The van der Waals surface area contributed by atoms with Gasteiger partial charge in [0.2, 0.25) is 17.7 Å². The second-order valence-electron chi connectivity index (χ2n) is 8.23. The topological polar surface area (TPSA) is 235 Å². The Morgan fingerprint density at radius 2 is 1.85 bits per heavy atom. The number of nitrogens with zero attached hydrogens (tertiary/aromatic N) is 1. The number of nitrogens with one attached hydrogen (secondary N) is 1. The van der Waals surface area contributed by atoms with Gasteiger partial charge in [-0.2, -0.15) is 0 Å². The van der Waals surface area contributed by atoms with Gasteiger partial charge in [0, 0.05) is 19.9 Å². The van der Waals surface area contributed by atoms with E-state index in [0.29, 0.717) is 0 Å². The van der Waals surface area contributed by atoms with Crippen molar-refractivity contribution < 1.29 is 49.1 Å². The molecule has 8 atom stereocenters. The fourth-order valence-corrected chi connectivity index (χ4v) is 3.57. The van der Waals surface area contributed by atoms with Crippen molar-refractivity contribution in [2.45, 2.75) is 88.9 Å². The number of carboxylic acid groups (broad SMARTS) is 1. The zero-order chi connectivity index (χ0) is 26.2. The molecule has 0 saturated carbocycles. The second-order valence-corrected chi connectivity index (χ2v) is 8.23. The minimum atomic E-state index is -1.53. The fourth-order valence-electron chi connectivity index (χ4n) is 3.57. The van der Waals surface area contributed by atoms with Crippen LogP contribution in [0.3, 0.4) is 0 Å². The average molecular weight is 493 g/mol. The Morgan fingerprint density at radius 1 is 1.24 bits per heavy atom. The van der Waals surface area contributed by atoms with Gasteiger partial charge in [-0.15, -0.1) is 0 Å². The third-order valence-corrected chi connectivity index (χ3v) is 5.41. The highest BCUT2D eigenvalue weighted by Gasteiger charge is 2.44. The Hall–Kier alpha value is -2.20. The van der Waals surface area contributed by atoms with Crippen molar-refractivity contribution in [3.8, 4) is 0 Å². The molecular weight excluding hydrogens is 456 g/mol. The molecule has 1 aliphatic heterocycles. The van der Waals surface area contributed by atoms with Gasteiger partial charge in [-0.05, 0) is 19.8 Å². The first-order chi connectivity index (χ1) is 15.8.